The van der Waals surface area contributed by atoms with Gasteiger partial charge in [0.1, 0.15) is 0 Å². The Morgan fingerprint density at radius 1 is 1.24 bits per heavy atom. The van der Waals surface area contributed by atoms with Crippen LogP contribution in [-0.2, 0) is 26.0 Å². The monoisotopic (exact) mass is 554 g/mol. The fourth-order valence-electron chi connectivity index (χ4n) is 2.84. The number of carbonyl (C=O) groups excluding carboxylic acids is 1. The summed E-state index contributed by atoms with van der Waals surface area (Å²) in [4.78, 5) is 23.1. The number of pyridine rings is 2. The molecule has 0 aliphatic heterocycles. The minimum absolute atomic E-state index is 0. The van der Waals surface area contributed by atoms with Crippen molar-refractivity contribution >= 4 is 44.6 Å². The predicted molar refractivity (Wildman–Crippen MR) is 137 cm³/mol. The maximum atomic E-state index is 13.3. The third-order valence-electron chi connectivity index (χ3n) is 4.45. The number of rotatable bonds is 8. The summed E-state index contributed by atoms with van der Waals surface area (Å²) < 4.78 is 40.0. The fraction of sp³-hybridized carbons (Fsp3) is 0.154. The van der Waals surface area contributed by atoms with Crippen molar-refractivity contribution in [3.05, 3.63) is 88.4 Å². The summed E-state index contributed by atoms with van der Waals surface area (Å²) in [6, 6.07) is 4.50. The summed E-state index contributed by atoms with van der Waals surface area (Å²) in [5.74, 6) is -0.688. The first-order valence-electron chi connectivity index (χ1n) is 10.2. The first-order valence-corrected chi connectivity index (χ1v) is 10.8. The van der Waals surface area contributed by atoms with E-state index in [1.165, 1.54) is 11.2 Å². The summed E-state index contributed by atoms with van der Waals surface area (Å²) in [5, 5.41) is 5.56. The van der Waals surface area contributed by atoms with Crippen molar-refractivity contribution in [2.24, 2.45) is 0 Å². The van der Waals surface area contributed by atoms with Crippen molar-refractivity contribution in [3.8, 4) is 0 Å². The predicted octanol–water partition coefficient (Wildman–Crippen LogP) is 0.281. The van der Waals surface area contributed by atoms with Crippen molar-refractivity contribution in [2.45, 2.75) is 25.9 Å². The van der Waals surface area contributed by atoms with Crippen LogP contribution in [0.3, 0.4) is 0 Å². The van der Waals surface area contributed by atoms with E-state index >= 15 is 0 Å². The second-order valence-electron chi connectivity index (χ2n) is 7.21. The van der Waals surface area contributed by atoms with E-state index in [-0.39, 0.29) is 62.2 Å². The second kappa shape index (κ2) is 17.4. The Kier molecular flexibility index (Phi) is 17.4. The summed E-state index contributed by atoms with van der Waals surface area (Å²) in [7, 11) is 0. The standard InChI is InChI=1S/C20H14F3N5O.C5H10.CH3.2Li.Ni/c1-10(2)16-6-13-5-14(8-25-19(13)28-16)11(3)26-17-7-15(27-12(4)29)9-24-18(17)20(21,22)23;1-3-5-4-2;;;;/h1-2,5-9,26H,3-4H2,(H,25,28)(H,27,29);4H,1,3,5H2,2H3;1H3;;;/q2*-2;-1;2*+1;. The van der Waals surface area contributed by atoms with E-state index in [2.05, 4.69) is 67.5 Å². The number of hydrogen-bond donors (Lipinski definition) is 3. The Morgan fingerprint density at radius 2 is 1.89 bits per heavy atom. The molecule has 0 spiro atoms. The van der Waals surface area contributed by atoms with Gasteiger partial charge < -0.3 is 37.8 Å². The van der Waals surface area contributed by atoms with E-state index < -0.39 is 17.8 Å². The molecule has 0 unspecified atom stereocenters. The number of unbranched alkanes of at least 4 members (excludes halogenated alkanes) is 2. The smallest absolute Gasteiger partial charge is 0.358 e. The molecule has 198 valence electrons. The normalized spacial score (nSPS) is 9.97. The van der Waals surface area contributed by atoms with Crippen molar-refractivity contribution in [3.63, 3.8) is 0 Å². The number of H-pyrrole nitrogens is 1. The molecule has 3 aromatic rings. The third kappa shape index (κ3) is 10.9. The van der Waals surface area contributed by atoms with Crippen LogP contribution in [0.1, 0.15) is 36.7 Å². The molecule has 3 aromatic heterocycles. The number of aromatic amines is 1. The van der Waals surface area contributed by atoms with Crippen LogP contribution in [0.2, 0.25) is 0 Å². The van der Waals surface area contributed by atoms with Crippen LogP contribution in [0.5, 0.6) is 0 Å². The van der Waals surface area contributed by atoms with Gasteiger partial charge in [-0.05, 0) is 0 Å². The van der Waals surface area contributed by atoms with Crippen LogP contribution in [-0.4, -0.2) is 25.9 Å². The van der Waals surface area contributed by atoms with Gasteiger partial charge in [0, 0.05) is 0 Å². The van der Waals surface area contributed by atoms with E-state index in [9.17, 15) is 18.0 Å². The number of alkyl halides is 3. The average molecular weight is 555 g/mol. The number of aromatic nitrogens is 3. The van der Waals surface area contributed by atoms with Gasteiger partial charge in [0.05, 0.1) is 12.1 Å². The largest absolute Gasteiger partial charge is 1.00 e. The number of anilines is 2. The summed E-state index contributed by atoms with van der Waals surface area (Å²) >= 11 is 4.50. The van der Waals surface area contributed by atoms with E-state index in [4.69, 9.17) is 6.58 Å². The summed E-state index contributed by atoms with van der Waals surface area (Å²) in [6.07, 6.45) is 1.93. The number of hydrogen-bond acceptors (Lipinski definition) is 4. The summed E-state index contributed by atoms with van der Waals surface area (Å²) in [6.45, 7) is 18.4. The Labute approximate surface area is 254 Å². The number of nitrogens with zero attached hydrogens (tertiary/aromatic N) is 2. The average Bonchev–Trinajstić information content (AvgIpc) is 3.22. The van der Waals surface area contributed by atoms with Gasteiger partial charge in [-0.1, -0.05) is 0 Å². The molecule has 0 saturated carbocycles. The molecule has 0 atom stereocenters. The molecule has 0 aliphatic rings. The minimum atomic E-state index is -4.72. The van der Waals surface area contributed by atoms with Crippen LogP contribution in [0, 0.1) is 34.3 Å². The van der Waals surface area contributed by atoms with Gasteiger partial charge in [-0.2, -0.15) is 20.1 Å². The number of carbonyl (C=O) groups is 1. The van der Waals surface area contributed by atoms with Gasteiger partial charge in [-0.15, -0.1) is 0 Å². The first kappa shape index (κ1) is 38.0. The van der Waals surface area contributed by atoms with E-state index in [0.717, 1.165) is 25.1 Å². The maximum Gasteiger partial charge on any atom is 1.00 e. The zero-order chi connectivity index (χ0) is 26.2. The Balaban J connectivity index is 0. The minimum Gasteiger partial charge on any atom is -0.358 e. The number of nitrogens with one attached hydrogen (secondary N) is 3. The van der Waals surface area contributed by atoms with Gasteiger partial charge in [-0.3, -0.25) is 0 Å². The van der Waals surface area contributed by atoms with Gasteiger partial charge in [0.25, 0.3) is 0 Å². The zero-order valence-electron chi connectivity index (χ0n) is 21.9. The zero-order valence-corrected chi connectivity index (χ0v) is 22.9. The third-order valence-corrected chi connectivity index (χ3v) is 4.75. The van der Waals surface area contributed by atoms with E-state index in [1.54, 1.807) is 12.1 Å². The van der Waals surface area contributed by atoms with Crippen molar-refractivity contribution in [1.29, 1.82) is 0 Å². The molecule has 0 bridgehead atoms. The number of fused-ring (bicyclic) bond motifs is 1. The van der Waals surface area contributed by atoms with E-state index in [0.29, 0.717) is 27.9 Å². The molecule has 3 N–H and O–H groups in total. The Hall–Kier alpha value is -2.19. The van der Waals surface area contributed by atoms with Crippen molar-refractivity contribution in [1.82, 2.24) is 15.0 Å². The number of allylic oxidation sites excluding steroid dienone is 1. The number of amides is 1. The fourth-order valence-corrected chi connectivity index (χ4v) is 2.99. The molecular formula is C26H27F3Li2N5NiO-3. The molecular weight excluding hydrogens is 528 g/mol. The van der Waals surface area contributed by atoms with Gasteiger partial charge in [0.15, 0.2) is 0 Å². The second-order valence-corrected chi connectivity index (χ2v) is 7.50. The molecule has 0 fully saturated rings. The van der Waals surface area contributed by atoms with Crippen molar-refractivity contribution in [2.75, 3.05) is 10.6 Å². The molecule has 12 heteroatoms. The molecule has 0 saturated heterocycles. The van der Waals surface area contributed by atoms with Crippen LogP contribution in [0.15, 0.2) is 37.2 Å². The Morgan fingerprint density at radius 3 is 2.39 bits per heavy atom. The van der Waals surface area contributed by atoms with E-state index in [1.807, 2.05) is 6.92 Å². The Bertz CT molecular complexity index is 1240. The molecule has 1 amide bonds. The number of halogens is 3. The quantitative estimate of drug-likeness (QED) is 0.276. The topological polar surface area (TPSA) is 82.7 Å². The van der Waals surface area contributed by atoms with Crippen molar-refractivity contribution < 1.29 is 70.7 Å². The molecule has 0 aromatic carbocycles. The maximum absolute atomic E-state index is 13.3. The van der Waals surface area contributed by atoms with Gasteiger partial charge in [-0.25, -0.2) is 12.8 Å². The van der Waals surface area contributed by atoms with Crippen LogP contribution in [0.4, 0.5) is 24.5 Å². The molecule has 3 heterocycles. The van der Waals surface area contributed by atoms with Gasteiger partial charge in [0.2, 0.25) is 0 Å². The van der Waals surface area contributed by atoms with Crippen LogP contribution >= 0.6 is 0 Å². The van der Waals surface area contributed by atoms with Gasteiger partial charge >= 0.3 is 172 Å². The molecule has 0 aliphatic carbocycles. The van der Waals surface area contributed by atoms with Crippen LogP contribution in [0.25, 0.3) is 22.3 Å². The molecule has 38 heavy (non-hydrogen) atoms. The molecule has 3 rings (SSSR count). The first-order chi connectivity index (χ1) is 16.5. The van der Waals surface area contributed by atoms with Crippen LogP contribution < -0.4 is 48.4 Å². The SMILES string of the molecule is [CH-]=C([CH]=[Ni])c1cc2cc(C(=C)Nc3cc(NC([CH2-])=O)cnc3C(F)(F)F)cnc2[nH]1.[CH2-]CC[CH-]C.[CH3-].[Li+].[Li+]. The summed E-state index contributed by atoms with van der Waals surface area (Å²) in [5.41, 5.74) is 0.583. The molecule has 0 radical (unpaired) electrons. The molecule has 6 nitrogen and oxygen atoms in total.